The summed E-state index contributed by atoms with van der Waals surface area (Å²) in [6.45, 7) is 1.94. The number of hydrogen-bond donors (Lipinski definition) is 1. The highest BCUT2D eigenvalue weighted by Gasteiger charge is 2.20. The van der Waals surface area contributed by atoms with Crippen LogP contribution < -0.4 is 5.32 Å². The van der Waals surface area contributed by atoms with Gasteiger partial charge in [-0.2, -0.15) is 0 Å². The fourth-order valence-electron chi connectivity index (χ4n) is 1.30. The van der Waals surface area contributed by atoms with Crippen molar-refractivity contribution in [1.82, 2.24) is 0 Å². The second-order valence-corrected chi connectivity index (χ2v) is 4.46. The second kappa shape index (κ2) is 2.96. The predicted molar refractivity (Wildman–Crippen MR) is 51.1 cm³/mol. The van der Waals surface area contributed by atoms with Crippen molar-refractivity contribution >= 4 is 22.4 Å². The number of hydrogen-bond acceptors (Lipinski definition) is 2. The van der Waals surface area contributed by atoms with E-state index >= 15 is 0 Å². The van der Waals surface area contributed by atoms with Crippen molar-refractivity contribution in [2.75, 3.05) is 11.1 Å². The third-order valence-electron chi connectivity index (χ3n) is 1.92. The highest BCUT2D eigenvalue weighted by molar-refractivity contribution is 7.86. The summed E-state index contributed by atoms with van der Waals surface area (Å²) in [5.74, 6) is -0.0918. The zero-order valence-electron chi connectivity index (χ0n) is 7.16. The lowest BCUT2D eigenvalue weighted by molar-refractivity contribution is -0.113. The highest BCUT2D eigenvalue weighted by Crippen LogP contribution is 2.24. The van der Waals surface area contributed by atoms with Gasteiger partial charge in [-0.15, -0.1) is 0 Å². The van der Waals surface area contributed by atoms with Gasteiger partial charge in [0.25, 0.3) is 0 Å². The quantitative estimate of drug-likeness (QED) is 0.672. The van der Waals surface area contributed by atoms with Gasteiger partial charge in [-0.25, -0.2) is 0 Å². The fraction of sp³-hybridized carbons (Fsp3) is 0.222. The number of fused-ring (bicyclic) bond motifs is 1. The molecule has 1 N–H and O–H groups in total. The van der Waals surface area contributed by atoms with Gasteiger partial charge in [0.05, 0.1) is 21.4 Å². The number of amides is 1. The molecule has 0 fully saturated rings. The van der Waals surface area contributed by atoms with Crippen LogP contribution in [0, 0.1) is 6.92 Å². The molecule has 0 radical (unpaired) electrons. The van der Waals surface area contributed by atoms with Crippen molar-refractivity contribution in [3.63, 3.8) is 0 Å². The van der Waals surface area contributed by atoms with Crippen LogP contribution in [0.3, 0.4) is 0 Å². The number of aryl methyl sites for hydroxylation is 1. The minimum Gasteiger partial charge on any atom is -0.324 e. The Labute approximate surface area is 78.6 Å². The van der Waals surface area contributed by atoms with Crippen LogP contribution in [0.4, 0.5) is 5.69 Å². The molecular weight excluding hydrogens is 186 g/mol. The standard InChI is InChI=1S/C9H9NO2S/c1-6-2-3-7-8(4-6)13(12)5-9(11)10-7/h2-4H,5H2,1H3,(H,10,11). The van der Waals surface area contributed by atoms with Gasteiger partial charge in [0.15, 0.2) is 0 Å². The molecule has 13 heavy (non-hydrogen) atoms. The first-order chi connectivity index (χ1) is 6.16. The maximum atomic E-state index is 11.5. The van der Waals surface area contributed by atoms with Crippen LogP contribution in [-0.2, 0) is 15.6 Å². The lowest BCUT2D eigenvalue weighted by Gasteiger charge is -2.16. The van der Waals surface area contributed by atoms with E-state index in [2.05, 4.69) is 5.32 Å². The number of rotatable bonds is 0. The Morgan fingerprint density at radius 2 is 2.23 bits per heavy atom. The van der Waals surface area contributed by atoms with E-state index in [4.69, 9.17) is 0 Å². The Kier molecular flexibility index (Phi) is 1.92. The summed E-state index contributed by atoms with van der Waals surface area (Å²) < 4.78 is 11.5. The molecule has 1 aromatic carbocycles. The monoisotopic (exact) mass is 195 g/mol. The van der Waals surface area contributed by atoms with E-state index in [0.29, 0.717) is 5.69 Å². The van der Waals surface area contributed by atoms with Gasteiger partial charge in [-0.3, -0.25) is 9.00 Å². The molecule has 0 saturated carbocycles. The van der Waals surface area contributed by atoms with E-state index in [9.17, 15) is 9.00 Å². The summed E-state index contributed by atoms with van der Waals surface area (Å²) in [6.07, 6.45) is 0. The van der Waals surface area contributed by atoms with Crippen molar-refractivity contribution < 1.29 is 9.00 Å². The zero-order valence-corrected chi connectivity index (χ0v) is 7.98. The molecule has 4 heteroatoms. The van der Waals surface area contributed by atoms with E-state index in [0.717, 1.165) is 10.5 Å². The largest absolute Gasteiger partial charge is 0.324 e. The molecular formula is C9H9NO2S. The molecule has 1 atom stereocenters. The molecule has 0 spiro atoms. The smallest absolute Gasteiger partial charge is 0.237 e. The van der Waals surface area contributed by atoms with E-state index in [1.54, 1.807) is 6.07 Å². The minimum atomic E-state index is -1.17. The Balaban J connectivity index is 2.55. The van der Waals surface area contributed by atoms with Crippen molar-refractivity contribution in [2.24, 2.45) is 0 Å². The third-order valence-corrected chi connectivity index (χ3v) is 3.27. The van der Waals surface area contributed by atoms with E-state index < -0.39 is 10.8 Å². The van der Waals surface area contributed by atoms with Crippen LogP contribution in [0.25, 0.3) is 0 Å². The van der Waals surface area contributed by atoms with Gasteiger partial charge >= 0.3 is 0 Å². The summed E-state index contributed by atoms with van der Waals surface area (Å²) in [5.41, 5.74) is 1.74. The lowest BCUT2D eigenvalue weighted by Crippen LogP contribution is -2.25. The van der Waals surface area contributed by atoms with Crippen molar-refractivity contribution in [2.45, 2.75) is 11.8 Å². The molecule has 0 aromatic heterocycles. The highest BCUT2D eigenvalue weighted by atomic mass is 32.2. The molecule has 2 rings (SSSR count). The molecule has 0 aliphatic carbocycles. The molecule has 1 aromatic rings. The molecule has 1 amide bonds. The maximum Gasteiger partial charge on any atom is 0.237 e. The number of carbonyl (C=O) groups is 1. The first-order valence-corrected chi connectivity index (χ1v) is 5.27. The Bertz CT molecular complexity index is 401. The van der Waals surface area contributed by atoms with Gasteiger partial charge in [0.2, 0.25) is 5.91 Å². The molecule has 1 heterocycles. The topological polar surface area (TPSA) is 46.2 Å². The van der Waals surface area contributed by atoms with E-state index in [1.165, 1.54) is 0 Å². The molecule has 1 aliphatic heterocycles. The SMILES string of the molecule is Cc1ccc2c(c1)S(=O)CC(=O)N2. The van der Waals surface area contributed by atoms with Crippen LogP contribution in [-0.4, -0.2) is 15.9 Å². The maximum absolute atomic E-state index is 11.5. The third kappa shape index (κ3) is 1.49. The molecule has 3 nitrogen and oxygen atoms in total. The number of carbonyl (C=O) groups excluding carboxylic acids is 1. The summed E-state index contributed by atoms with van der Waals surface area (Å²) in [7, 11) is -1.17. The van der Waals surface area contributed by atoms with Crippen LogP contribution in [0.2, 0.25) is 0 Å². The lowest BCUT2D eigenvalue weighted by atomic mass is 10.2. The predicted octanol–water partition coefficient (Wildman–Crippen LogP) is 1.05. The molecule has 1 unspecified atom stereocenters. The normalized spacial score (nSPS) is 20.7. The Hall–Kier alpha value is -1.16. The summed E-state index contributed by atoms with van der Waals surface area (Å²) in [5, 5.41) is 2.69. The second-order valence-electron chi connectivity index (χ2n) is 3.04. The van der Waals surface area contributed by atoms with E-state index in [-0.39, 0.29) is 11.7 Å². The number of benzene rings is 1. The Morgan fingerprint density at radius 3 is 3.00 bits per heavy atom. The average molecular weight is 195 g/mol. The first kappa shape index (κ1) is 8.44. The molecule has 0 bridgehead atoms. The van der Waals surface area contributed by atoms with E-state index in [1.807, 2.05) is 19.1 Å². The van der Waals surface area contributed by atoms with Gasteiger partial charge in [-0.05, 0) is 24.6 Å². The van der Waals surface area contributed by atoms with Gasteiger partial charge in [-0.1, -0.05) is 6.07 Å². The average Bonchev–Trinajstić information content (AvgIpc) is 2.06. The first-order valence-electron chi connectivity index (χ1n) is 3.96. The van der Waals surface area contributed by atoms with Crippen molar-refractivity contribution in [3.8, 4) is 0 Å². The van der Waals surface area contributed by atoms with Gasteiger partial charge < -0.3 is 5.32 Å². The zero-order chi connectivity index (χ0) is 9.42. The molecule has 68 valence electrons. The summed E-state index contributed by atoms with van der Waals surface area (Å²) in [6, 6.07) is 5.53. The van der Waals surface area contributed by atoms with Crippen molar-refractivity contribution in [3.05, 3.63) is 23.8 Å². The van der Waals surface area contributed by atoms with Crippen LogP contribution in [0.5, 0.6) is 0 Å². The fourth-order valence-corrected chi connectivity index (χ4v) is 2.45. The number of anilines is 1. The molecule has 1 aliphatic rings. The van der Waals surface area contributed by atoms with Crippen LogP contribution in [0.15, 0.2) is 23.1 Å². The Morgan fingerprint density at radius 1 is 1.46 bits per heavy atom. The number of nitrogens with one attached hydrogen (secondary N) is 1. The van der Waals surface area contributed by atoms with Crippen LogP contribution in [0.1, 0.15) is 5.56 Å². The minimum absolute atomic E-state index is 0.0798. The van der Waals surface area contributed by atoms with Gasteiger partial charge in [0.1, 0.15) is 5.75 Å². The van der Waals surface area contributed by atoms with Crippen LogP contribution >= 0.6 is 0 Å². The molecule has 0 saturated heterocycles. The van der Waals surface area contributed by atoms with Gasteiger partial charge in [0, 0.05) is 0 Å². The summed E-state index contributed by atoms with van der Waals surface area (Å²) >= 11 is 0. The summed E-state index contributed by atoms with van der Waals surface area (Å²) in [4.78, 5) is 11.8. The van der Waals surface area contributed by atoms with Crippen molar-refractivity contribution in [1.29, 1.82) is 0 Å².